The van der Waals surface area contributed by atoms with Crippen molar-refractivity contribution in [2.45, 2.75) is 118 Å². The molecule has 0 aromatic rings. The number of esters is 1. The molecule has 3 aliphatic rings. The topological polar surface area (TPSA) is 177 Å². The molecule has 2 aliphatic carbocycles. The number of rotatable bonds is 11. The lowest BCUT2D eigenvalue weighted by Gasteiger charge is -2.38. The van der Waals surface area contributed by atoms with E-state index in [1.165, 1.54) is 4.90 Å². The number of alkyl halides is 2. The smallest absolute Gasteiger partial charge is 0.329 e. The Morgan fingerprint density at radius 1 is 0.978 bits per heavy atom. The molecule has 5 N–H and O–H groups in total. The van der Waals surface area contributed by atoms with Gasteiger partial charge in [0.15, 0.2) is 0 Å². The predicted octanol–water partition coefficient (Wildman–Crippen LogP) is 2.13. The average molecular weight is 642 g/mol. The summed E-state index contributed by atoms with van der Waals surface area (Å²) in [4.78, 5) is 79.4. The molecule has 12 nitrogen and oxygen atoms in total. The van der Waals surface area contributed by atoms with Crippen molar-refractivity contribution in [3.05, 3.63) is 0 Å². The number of ether oxygens (including phenoxy) is 1. The largest absolute Gasteiger partial charge is 0.458 e. The number of amides is 5. The lowest BCUT2D eigenvalue weighted by Crippen LogP contribution is -2.62. The Labute approximate surface area is 263 Å². The molecule has 3 fully saturated rings. The van der Waals surface area contributed by atoms with E-state index < -0.39 is 95.4 Å². The SMILES string of the molecule is CC(C)[C@H](NC(=O)N[C@H](C(=O)N1C[C@H]2[C@@H]([C@H]1C(=O)NC(CC1CC1(F)F)C(=O)C(N)=O)C2(C)C)C(C)(C)C)C(=O)OC(C)(C)C. The Balaban J connectivity index is 1.83. The van der Waals surface area contributed by atoms with Crippen LogP contribution in [0.2, 0.25) is 0 Å². The molecule has 254 valence electrons. The van der Waals surface area contributed by atoms with E-state index in [9.17, 15) is 37.5 Å². The minimum absolute atomic E-state index is 0.0674. The minimum atomic E-state index is -3.00. The van der Waals surface area contributed by atoms with Crippen LogP contribution in [0.5, 0.6) is 0 Å². The van der Waals surface area contributed by atoms with Crippen LogP contribution in [-0.4, -0.2) is 82.6 Å². The van der Waals surface area contributed by atoms with Crippen LogP contribution < -0.4 is 21.7 Å². The number of primary amides is 1. The van der Waals surface area contributed by atoms with Crippen molar-refractivity contribution in [2.24, 2.45) is 40.2 Å². The van der Waals surface area contributed by atoms with Gasteiger partial charge in [-0.05, 0) is 55.8 Å². The molecule has 1 aliphatic heterocycles. The average Bonchev–Trinajstić information content (AvgIpc) is 3.52. The molecule has 1 heterocycles. The van der Waals surface area contributed by atoms with Crippen LogP contribution >= 0.6 is 0 Å². The molecular weight excluding hydrogens is 592 g/mol. The standard InChI is InChI=1S/C31H49F2N5O7/c1-14(2)19(26(43)45-29(6,7)8)36-27(44)37-22(28(3,4)5)25(42)38-13-16-18(30(16,9)10)20(38)24(41)35-17(21(39)23(34)40)11-15-12-31(15,32)33/h14-20,22H,11-13H2,1-10H3,(H2,34,40)(H,35,41)(H2,36,37,44)/t15?,16-,17?,18-,19-,20-,22+/m0/s1. The third kappa shape index (κ3) is 8.10. The van der Waals surface area contributed by atoms with Gasteiger partial charge in [-0.3, -0.25) is 19.2 Å². The quantitative estimate of drug-likeness (QED) is 0.197. The van der Waals surface area contributed by atoms with E-state index in [2.05, 4.69) is 16.0 Å². The summed E-state index contributed by atoms with van der Waals surface area (Å²) in [6.07, 6.45) is -0.927. The number of Topliss-reactive ketones (excluding diaryl/α,β-unsaturated/α-hetero) is 1. The second kappa shape index (κ2) is 12.1. The number of ketones is 1. The van der Waals surface area contributed by atoms with Crippen molar-refractivity contribution in [1.82, 2.24) is 20.9 Å². The van der Waals surface area contributed by atoms with Gasteiger partial charge in [-0.25, -0.2) is 18.4 Å². The number of hydrogen-bond acceptors (Lipinski definition) is 7. The summed E-state index contributed by atoms with van der Waals surface area (Å²) in [7, 11) is 0. The fourth-order valence-electron chi connectivity index (χ4n) is 6.27. The number of carbonyl (C=O) groups is 6. The number of halogens is 2. The van der Waals surface area contributed by atoms with Gasteiger partial charge >= 0.3 is 12.0 Å². The number of nitrogens with two attached hydrogens (primary N) is 1. The first-order valence-corrected chi connectivity index (χ1v) is 15.4. The van der Waals surface area contributed by atoms with Gasteiger partial charge in [-0.15, -0.1) is 0 Å². The highest BCUT2D eigenvalue weighted by molar-refractivity contribution is 6.37. The normalized spacial score (nSPS) is 26.6. The Morgan fingerprint density at radius 2 is 1.53 bits per heavy atom. The zero-order valence-corrected chi connectivity index (χ0v) is 27.9. The third-order valence-corrected chi connectivity index (χ3v) is 9.11. The Kier molecular flexibility index (Phi) is 9.74. The molecule has 0 aromatic heterocycles. The van der Waals surface area contributed by atoms with E-state index in [1.54, 1.807) is 55.4 Å². The lowest BCUT2D eigenvalue weighted by molar-refractivity contribution is -0.158. The van der Waals surface area contributed by atoms with Crippen LogP contribution in [0.15, 0.2) is 0 Å². The molecule has 0 spiro atoms. The molecule has 7 atom stereocenters. The second-order valence-corrected chi connectivity index (χ2v) is 15.7. The molecule has 0 radical (unpaired) electrons. The van der Waals surface area contributed by atoms with Gasteiger partial charge in [0, 0.05) is 18.9 Å². The monoisotopic (exact) mass is 641 g/mol. The lowest BCUT2D eigenvalue weighted by atomic mass is 9.85. The van der Waals surface area contributed by atoms with Crippen molar-refractivity contribution >= 4 is 35.5 Å². The number of likely N-dealkylation sites (tertiary alicyclic amines) is 1. The van der Waals surface area contributed by atoms with Crippen molar-refractivity contribution < 1.29 is 42.3 Å². The Morgan fingerprint density at radius 3 is 1.98 bits per heavy atom. The van der Waals surface area contributed by atoms with Crippen LogP contribution in [0, 0.1) is 34.5 Å². The maximum atomic E-state index is 14.1. The molecule has 5 amide bonds. The molecule has 2 saturated carbocycles. The molecule has 45 heavy (non-hydrogen) atoms. The van der Waals surface area contributed by atoms with Crippen molar-refractivity contribution in [1.29, 1.82) is 0 Å². The van der Waals surface area contributed by atoms with Crippen LogP contribution in [0.25, 0.3) is 0 Å². The van der Waals surface area contributed by atoms with Crippen LogP contribution in [0.4, 0.5) is 13.6 Å². The first-order chi connectivity index (χ1) is 20.3. The highest BCUT2D eigenvalue weighted by Crippen LogP contribution is 2.65. The summed E-state index contributed by atoms with van der Waals surface area (Å²) < 4.78 is 32.8. The highest BCUT2D eigenvalue weighted by atomic mass is 19.3. The molecular formula is C31H49F2N5O7. The summed E-state index contributed by atoms with van der Waals surface area (Å²) in [5.41, 5.74) is 3.19. The first kappa shape index (κ1) is 36.2. The van der Waals surface area contributed by atoms with Gasteiger partial charge in [-0.2, -0.15) is 0 Å². The van der Waals surface area contributed by atoms with Gasteiger partial charge in [0.05, 0.1) is 6.04 Å². The summed E-state index contributed by atoms with van der Waals surface area (Å²) in [5, 5.41) is 7.75. The molecule has 3 rings (SSSR count). The van der Waals surface area contributed by atoms with Crippen molar-refractivity contribution in [2.75, 3.05) is 6.54 Å². The number of carbonyl (C=O) groups excluding carboxylic acids is 6. The van der Waals surface area contributed by atoms with E-state index in [4.69, 9.17) is 10.5 Å². The number of fused-ring (bicyclic) bond motifs is 1. The van der Waals surface area contributed by atoms with E-state index >= 15 is 0 Å². The maximum Gasteiger partial charge on any atom is 0.329 e. The maximum absolute atomic E-state index is 14.1. The van der Waals surface area contributed by atoms with Crippen molar-refractivity contribution in [3.63, 3.8) is 0 Å². The number of nitrogens with zero attached hydrogens (tertiary/aromatic N) is 1. The summed E-state index contributed by atoms with van der Waals surface area (Å²) in [6, 6.07) is -5.57. The predicted molar refractivity (Wildman–Crippen MR) is 159 cm³/mol. The zero-order valence-electron chi connectivity index (χ0n) is 27.9. The van der Waals surface area contributed by atoms with Gasteiger partial charge in [0.25, 0.3) is 11.8 Å². The fourth-order valence-corrected chi connectivity index (χ4v) is 6.27. The van der Waals surface area contributed by atoms with E-state index in [0.717, 1.165) is 0 Å². The first-order valence-electron chi connectivity index (χ1n) is 15.4. The van der Waals surface area contributed by atoms with Crippen molar-refractivity contribution in [3.8, 4) is 0 Å². The molecule has 2 unspecified atom stereocenters. The van der Waals surface area contributed by atoms with E-state index in [-0.39, 0.29) is 29.7 Å². The van der Waals surface area contributed by atoms with Crippen LogP contribution in [0.3, 0.4) is 0 Å². The molecule has 0 bridgehead atoms. The fraction of sp³-hybridized carbons (Fsp3) is 0.806. The third-order valence-electron chi connectivity index (χ3n) is 9.11. The zero-order chi connectivity index (χ0) is 34.6. The molecule has 14 heteroatoms. The number of nitrogens with one attached hydrogen (secondary N) is 3. The Bertz CT molecular complexity index is 1240. The van der Waals surface area contributed by atoms with E-state index in [1.807, 2.05) is 13.8 Å². The highest BCUT2D eigenvalue weighted by Gasteiger charge is 2.70. The molecule has 0 aromatic carbocycles. The van der Waals surface area contributed by atoms with Gasteiger partial charge < -0.3 is 31.3 Å². The number of urea groups is 1. The summed E-state index contributed by atoms with van der Waals surface area (Å²) >= 11 is 0. The van der Waals surface area contributed by atoms with Gasteiger partial charge in [0.2, 0.25) is 17.6 Å². The van der Waals surface area contributed by atoms with Crippen LogP contribution in [0.1, 0.15) is 82.1 Å². The van der Waals surface area contributed by atoms with Gasteiger partial charge in [-0.1, -0.05) is 48.5 Å². The van der Waals surface area contributed by atoms with E-state index in [0.29, 0.717) is 0 Å². The molecule has 1 saturated heterocycles. The summed E-state index contributed by atoms with van der Waals surface area (Å²) in [5.74, 6) is -9.38. The summed E-state index contributed by atoms with van der Waals surface area (Å²) in [6.45, 7) is 17.9. The number of hydrogen-bond donors (Lipinski definition) is 4. The second-order valence-electron chi connectivity index (χ2n) is 15.7. The minimum Gasteiger partial charge on any atom is -0.458 e. The number of piperidine rings is 1. The Hall–Kier alpha value is -3.32. The van der Waals surface area contributed by atoms with Crippen LogP contribution in [-0.2, 0) is 28.7 Å². The van der Waals surface area contributed by atoms with Gasteiger partial charge in [0.1, 0.15) is 23.7 Å².